The third kappa shape index (κ3) is 3.19. The Morgan fingerprint density at radius 2 is 2.00 bits per heavy atom. The summed E-state index contributed by atoms with van der Waals surface area (Å²) in [7, 11) is 1.67. The van der Waals surface area contributed by atoms with Crippen LogP contribution in [0, 0.1) is 6.92 Å². The highest BCUT2D eigenvalue weighted by atomic mass is 35.5. The fourth-order valence-electron chi connectivity index (χ4n) is 2.88. The van der Waals surface area contributed by atoms with Crippen LogP contribution >= 0.6 is 11.6 Å². The fraction of sp³-hybridized carbons (Fsp3) is 0.278. The van der Waals surface area contributed by atoms with Gasteiger partial charge in [-0.1, -0.05) is 23.7 Å². The maximum Gasteiger partial charge on any atom is 0.118 e. The predicted molar refractivity (Wildman–Crippen MR) is 95.5 cm³/mol. The van der Waals surface area contributed by atoms with Gasteiger partial charge in [0.25, 0.3) is 0 Å². The molecule has 2 N–H and O–H groups in total. The molecule has 0 amide bonds. The summed E-state index contributed by atoms with van der Waals surface area (Å²) in [5.74, 6) is 0.848. The van der Waals surface area contributed by atoms with Gasteiger partial charge in [0.2, 0.25) is 0 Å². The van der Waals surface area contributed by atoms with Crippen molar-refractivity contribution >= 4 is 23.0 Å². The monoisotopic (exact) mass is 329 g/mol. The number of aryl methyl sites for hydroxylation is 1. The molecule has 1 unspecified atom stereocenters. The minimum absolute atomic E-state index is 0.138. The van der Waals surface area contributed by atoms with E-state index in [4.69, 9.17) is 27.2 Å². The van der Waals surface area contributed by atoms with Gasteiger partial charge in [0.1, 0.15) is 5.75 Å². The van der Waals surface area contributed by atoms with E-state index < -0.39 is 0 Å². The smallest absolute Gasteiger partial charge is 0.118 e. The van der Waals surface area contributed by atoms with E-state index in [9.17, 15) is 0 Å². The first-order valence-electron chi connectivity index (χ1n) is 7.58. The highest BCUT2D eigenvalue weighted by Gasteiger charge is 2.29. The Kier molecular flexibility index (Phi) is 4.55. The van der Waals surface area contributed by atoms with Gasteiger partial charge in [-0.05, 0) is 48.4 Å². The molecular weight excluding hydrogens is 310 g/mol. The van der Waals surface area contributed by atoms with Crippen LogP contribution in [-0.2, 0) is 0 Å². The number of ether oxygens (including phenoxy) is 1. The molecule has 4 nitrogen and oxygen atoms in total. The summed E-state index contributed by atoms with van der Waals surface area (Å²) in [6.45, 7) is 2.51. The molecule has 0 aliphatic carbocycles. The molecule has 3 rings (SSSR count). The number of benzene rings is 2. The summed E-state index contributed by atoms with van der Waals surface area (Å²) in [5, 5.41) is 7.50. The molecule has 5 heteroatoms. The molecule has 1 atom stereocenters. The highest BCUT2D eigenvalue weighted by Crippen LogP contribution is 2.37. The van der Waals surface area contributed by atoms with Crippen LogP contribution in [0.5, 0.6) is 5.75 Å². The molecule has 0 fully saturated rings. The molecule has 1 heterocycles. The van der Waals surface area contributed by atoms with E-state index in [-0.39, 0.29) is 6.04 Å². The molecule has 2 aromatic rings. The van der Waals surface area contributed by atoms with Crippen molar-refractivity contribution in [2.75, 3.05) is 18.7 Å². The number of anilines is 1. The van der Waals surface area contributed by atoms with Crippen molar-refractivity contribution < 1.29 is 4.74 Å². The maximum atomic E-state index is 6.08. The number of methoxy groups -OCH3 is 1. The van der Waals surface area contributed by atoms with Gasteiger partial charge >= 0.3 is 0 Å². The molecule has 23 heavy (non-hydrogen) atoms. The summed E-state index contributed by atoms with van der Waals surface area (Å²) in [5.41, 5.74) is 10.2. The van der Waals surface area contributed by atoms with E-state index in [0.717, 1.165) is 34.2 Å². The first-order valence-corrected chi connectivity index (χ1v) is 7.96. The third-order valence-corrected chi connectivity index (χ3v) is 4.35. The lowest BCUT2D eigenvalue weighted by Crippen LogP contribution is -2.19. The van der Waals surface area contributed by atoms with Crippen LogP contribution in [0.1, 0.15) is 23.6 Å². The first-order chi connectivity index (χ1) is 11.1. The minimum atomic E-state index is 0.138. The SMILES string of the molecule is COc1ccc(C2CC(CN)=NN2c2ccc(Cl)cc2C)cc1. The van der Waals surface area contributed by atoms with E-state index in [2.05, 4.69) is 17.1 Å². The topological polar surface area (TPSA) is 50.9 Å². The Morgan fingerprint density at radius 1 is 1.26 bits per heavy atom. The van der Waals surface area contributed by atoms with Gasteiger partial charge in [-0.15, -0.1) is 0 Å². The fourth-order valence-corrected chi connectivity index (χ4v) is 3.11. The average Bonchev–Trinajstić information content (AvgIpc) is 2.99. The summed E-state index contributed by atoms with van der Waals surface area (Å²) in [6.07, 6.45) is 0.824. The second-order valence-electron chi connectivity index (χ2n) is 5.64. The van der Waals surface area contributed by atoms with Gasteiger partial charge in [0.15, 0.2) is 0 Å². The summed E-state index contributed by atoms with van der Waals surface area (Å²) in [4.78, 5) is 0. The van der Waals surface area contributed by atoms with E-state index in [1.165, 1.54) is 5.56 Å². The molecule has 0 radical (unpaired) electrons. The molecule has 120 valence electrons. The molecule has 2 aromatic carbocycles. The highest BCUT2D eigenvalue weighted by molar-refractivity contribution is 6.30. The lowest BCUT2D eigenvalue weighted by molar-refractivity contribution is 0.414. The summed E-state index contributed by atoms with van der Waals surface area (Å²) >= 11 is 6.08. The van der Waals surface area contributed by atoms with Crippen molar-refractivity contribution in [3.8, 4) is 5.75 Å². The molecule has 0 bridgehead atoms. The Hall–Kier alpha value is -2.04. The van der Waals surface area contributed by atoms with Gasteiger partial charge in [-0.3, -0.25) is 5.01 Å². The Bertz CT molecular complexity index is 728. The number of nitrogens with zero attached hydrogens (tertiary/aromatic N) is 2. The van der Waals surface area contributed by atoms with Crippen molar-refractivity contribution in [1.82, 2.24) is 0 Å². The standard InChI is InChI=1S/C18H20ClN3O/c1-12-9-14(19)5-8-17(12)22-18(10-15(11-20)21-22)13-3-6-16(23-2)7-4-13/h3-9,18H,10-11,20H2,1-2H3. The zero-order valence-electron chi connectivity index (χ0n) is 13.3. The zero-order chi connectivity index (χ0) is 16.4. The predicted octanol–water partition coefficient (Wildman–Crippen LogP) is 3.92. The molecule has 0 saturated carbocycles. The Labute approximate surface area is 141 Å². The Morgan fingerprint density at radius 3 is 2.61 bits per heavy atom. The quantitative estimate of drug-likeness (QED) is 0.924. The van der Waals surface area contributed by atoms with Crippen LogP contribution in [0.4, 0.5) is 5.69 Å². The lowest BCUT2D eigenvalue weighted by atomic mass is 10.0. The van der Waals surface area contributed by atoms with Crippen LogP contribution in [0.25, 0.3) is 0 Å². The maximum absolute atomic E-state index is 6.08. The largest absolute Gasteiger partial charge is 0.497 e. The second kappa shape index (κ2) is 6.60. The van der Waals surface area contributed by atoms with E-state index in [1.54, 1.807) is 7.11 Å². The Balaban J connectivity index is 1.98. The molecule has 0 aromatic heterocycles. The van der Waals surface area contributed by atoms with Crippen LogP contribution < -0.4 is 15.5 Å². The normalized spacial score (nSPS) is 17.3. The number of nitrogens with two attached hydrogens (primary N) is 1. The van der Waals surface area contributed by atoms with Crippen molar-refractivity contribution in [1.29, 1.82) is 0 Å². The second-order valence-corrected chi connectivity index (χ2v) is 6.08. The van der Waals surface area contributed by atoms with Crippen molar-refractivity contribution in [3.05, 3.63) is 58.6 Å². The summed E-state index contributed by atoms with van der Waals surface area (Å²) < 4.78 is 5.24. The third-order valence-electron chi connectivity index (χ3n) is 4.12. The van der Waals surface area contributed by atoms with Gasteiger partial charge in [0.05, 0.1) is 24.6 Å². The van der Waals surface area contributed by atoms with Crippen molar-refractivity contribution in [3.63, 3.8) is 0 Å². The van der Waals surface area contributed by atoms with Crippen LogP contribution in [-0.4, -0.2) is 19.4 Å². The van der Waals surface area contributed by atoms with Gasteiger partial charge < -0.3 is 10.5 Å². The minimum Gasteiger partial charge on any atom is -0.497 e. The van der Waals surface area contributed by atoms with Crippen molar-refractivity contribution in [2.24, 2.45) is 10.8 Å². The number of hydrogen-bond acceptors (Lipinski definition) is 4. The zero-order valence-corrected chi connectivity index (χ0v) is 14.0. The van der Waals surface area contributed by atoms with Gasteiger partial charge in [0, 0.05) is 18.0 Å². The van der Waals surface area contributed by atoms with Gasteiger partial charge in [-0.25, -0.2) is 0 Å². The molecular formula is C18H20ClN3O. The number of hydrogen-bond donors (Lipinski definition) is 1. The average molecular weight is 330 g/mol. The molecule has 0 saturated heterocycles. The number of hydrazone groups is 1. The number of rotatable bonds is 4. The molecule has 1 aliphatic heterocycles. The number of halogens is 1. The first kappa shape index (κ1) is 15.8. The lowest BCUT2D eigenvalue weighted by Gasteiger charge is -2.25. The van der Waals surface area contributed by atoms with Crippen LogP contribution in [0.3, 0.4) is 0 Å². The van der Waals surface area contributed by atoms with Gasteiger partial charge in [-0.2, -0.15) is 5.10 Å². The van der Waals surface area contributed by atoms with Crippen LogP contribution in [0.2, 0.25) is 5.02 Å². The van der Waals surface area contributed by atoms with Crippen molar-refractivity contribution in [2.45, 2.75) is 19.4 Å². The van der Waals surface area contributed by atoms with E-state index in [1.807, 2.05) is 37.3 Å². The summed E-state index contributed by atoms with van der Waals surface area (Å²) in [6, 6.07) is 14.1. The van der Waals surface area contributed by atoms with E-state index >= 15 is 0 Å². The molecule has 0 spiro atoms. The van der Waals surface area contributed by atoms with E-state index in [0.29, 0.717) is 6.54 Å². The molecule has 1 aliphatic rings. The van der Waals surface area contributed by atoms with Crippen LogP contribution in [0.15, 0.2) is 47.6 Å².